The van der Waals surface area contributed by atoms with Crippen molar-refractivity contribution in [3.63, 3.8) is 0 Å². The molecular formula is C9H21NO. The summed E-state index contributed by atoms with van der Waals surface area (Å²) in [4.78, 5) is 4.72. The van der Waals surface area contributed by atoms with Crippen LogP contribution in [0.4, 0.5) is 0 Å². The maximum absolute atomic E-state index is 4.72. The van der Waals surface area contributed by atoms with Crippen LogP contribution >= 0.6 is 0 Å². The molecule has 0 atom stereocenters. The number of nitrogens with one attached hydrogen (secondary N) is 1. The van der Waals surface area contributed by atoms with Crippen LogP contribution in [0.1, 0.15) is 40.0 Å². The Kier molecular flexibility index (Phi) is 5.51. The smallest absolute Gasteiger partial charge is 0.0572 e. The molecule has 11 heavy (non-hydrogen) atoms. The summed E-state index contributed by atoms with van der Waals surface area (Å²) in [5, 5.41) is 0. The van der Waals surface area contributed by atoms with Crippen LogP contribution in [0.25, 0.3) is 0 Å². The Morgan fingerprint density at radius 1 is 1.18 bits per heavy atom. The Morgan fingerprint density at radius 3 is 2.27 bits per heavy atom. The molecule has 2 heteroatoms. The lowest BCUT2D eigenvalue weighted by molar-refractivity contribution is 0.0898. The quantitative estimate of drug-likeness (QED) is 0.491. The average molecular weight is 159 g/mol. The zero-order chi connectivity index (χ0) is 8.74. The van der Waals surface area contributed by atoms with Gasteiger partial charge in [-0.25, -0.2) is 5.48 Å². The van der Waals surface area contributed by atoms with Gasteiger partial charge in [0.15, 0.2) is 0 Å². The minimum Gasteiger partial charge on any atom is -0.305 e. The highest BCUT2D eigenvalue weighted by Gasteiger charge is 2.08. The van der Waals surface area contributed by atoms with Gasteiger partial charge >= 0.3 is 0 Å². The topological polar surface area (TPSA) is 21.3 Å². The lowest BCUT2D eigenvalue weighted by Gasteiger charge is -2.17. The number of unbranched alkanes of at least 4 members (excludes halogenated alkanes) is 1. The molecule has 0 aliphatic heterocycles. The van der Waals surface area contributed by atoms with Crippen molar-refractivity contribution in [3.05, 3.63) is 0 Å². The Bertz CT molecular complexity index is 86.1. The van der Waals surface area contributed by atoms with Gasteiger partial charge in [-0.3, -0.25) is 0 Å². The van der Waals surface area contributed by atoms with Crippen LogP contribution in [0.15, 0.2) is 0 Å². The van der Waals surface area contributed by atoms with Crippen molar-refractivity contribution in [3.8, 4) is 0 Å². The molecular weight excluding hydrogens is 138 g/mol. The van der Waals surface area contributed by atoms with E-state index in [2.05, 4.69) is 26.3 Å². The first kappa shape index (κ1) is 10.9. The van der Waals surface area contributed by atoms with Crippen LogP contribution in [0, 0.1) is 5.41 Å². The van der Waals surface area contributed by atoms with E-state index in [-0.39, 0.29) is 0 Å². The van der Waals surface area contributed by atoms with Gasteiger partial charge in [-0.1, -0.05) is 27.2 Å². The van der Waals surface area contributed by atoms with Crippen LogP contribution in [0.2, 0.25) is 0 Å². The molecule has 0 radical (unpaired) electrons. The van der Waals surface area contributed by atoms with Gasteiger partial charge in [0, 0.05) is 6.54 Å². The molecule has 0 amide bonds. The molecule has 0 heterocycles. The number of hydrogen-bond acceptors (Lipinski definition) is 2. The van der Waals surface area contributed by atoms with Crippen molar-refractivity contribution in [2.75, 3.05) is 13.7 Å². The van der Waals surface area contributed by atoms with Gasteiger partial charge in [-0.05, 0) is 18.3 Å². The summed E-state index contributed by atoms with van der Waals surface area (Å²) < 4.78 is 0. The lowest BCUT2D eigenvalue weighted by atomic mass is 9.90. The maximum atomic E-state index is 4.72. The van der Waals surface area contributed by atoms with Crippen molar-refractivity contribution in [1.82, 2.24) is 5.48 Å². The molecule has 0 rings (SSSR count). The summed E-state index contributed by atoms with van der Waals surface area (Å²) in [5.74, 6) is 0. The normalized spacial score (nSPS) is 12.0. The fourth-order valence-electron chi connectivity index (χ4n) is 0.955. The second-order valence-corrected chi connectivity index (χ2v) is 4.12. The Balaban J connectivity index is 3.02. The van der Waals surface area contributed by atoms with E-state index in [1.54, 1.807) is 7.11 Å². The summed E-state index contributed by atoms with van der Waals surface area (Å²) in [6, 6.07) is 0. The van der Waals surface area contributed by atoms with Gasteiger partial charge in [0.05, 0.1) is 7.11 Å². The molecule has 0 aliphatic carbocycles. The molecule has 0 aromatic heterocycles. The van der Waals surface area contributed by atoms with E-state index < -0.39 is 0 Å². The van der Waals surface area contributed by atoms with E-state index in [4.69, 9.17) is 4.84 Å². The molecule has 0 spiro atoms. The van der Waals surface area contributed by atoms with E-state index in [0.717, 1.165) is 6.54 Å². The molecule has 0 fully saturated rings. The second-order valence-electron chi connectivity index (χ2n) is 4.12. The lowest BCUT2D eigenvalue weighted by Crippen LogP contribution is -2.14. The van der Waals surface area contributed by atoms with Gasteiger partial charge in [0.1, 0.15) is 0 Å². The van der Waals surface area contributed by atoms with Crippen molar-refractivity contribution < 1.29 is 4.84 Å². The zero-order valence-corrected chi connectivity index (χ0v) is 8.24. The largest absolute Gasteiger partial charge is 0.305 e. The van der Waals surface area contributed by atoms with E-state index in [1.165, 1.54) is 19.3 Å². The van der Waals surface area contributed by atoms with Gasteiger partial charge < -0.3 is 4.84 Å². The average Bonchev–Trinajstić information content (AvgIpc) is 1.85. The van der Waals surface area contributed by atoms with E-state index in [9.17, 15) is 0 Å². The van der Waals surface area contributed by atoms with Crippen LogP contribution in [-0.4, -0.2) is 13.7 Å². The van der Waals surface area contributed by atoms with Crippen LogP contribution in [-0.2, 0) is 4.84 Å². The summed E-state index contributed by atoms with van der Waals surface area (Å²) in [5.41, 5.74) is 3.31. The monoisotopic (exact) mass is 159 g/mol. The van der Waals surface area contributed by atoms with Gasteiger partial charge in [0.2, 0.25) is 0 Å². The van der Waals surface area contributed by atoms with Crippen LogP contribution in [0.5, 0.6) is 0 Å². The number of hydroxylamine groups is 1. The highest BCUT2D eigenvalue weighted by atomic mass is 16.6. The van der Waals surface area contributed by atoms with Gasteiger partial charge in [-0.15, -0.1) is 0 Å². The van der Waals surface area contributed by atoms with Crippen molar-refractivity contribution >= 4 is 0 Å². The predicted octanol–water partition coefficient (Wildman–Crippen LogP) is 2.35. The Morgan fingerprint density at radius 2 is 1.82 bits per heavy atom. The zero-order valence-electron chi connectivity index (χ0n) is 8.24. The van der Waals surface area contributed by atoms with Gasteiger partial charge in [0.25, 0.3) is 0 Å². The first-order chi connectivity index (χ1) is 5.06. The number of hydrogen-bond donors (Lipinski definition) is 1. The first-order valence-electron chi connectivity index (χ1n) is 4.32. The molecule has 0 saturated heterocycles. The first-order valence-corrected chi connectivity index (χ1v) is 4.32. The Hall–Kier alpha value is -0.0800. The third-order valence-corrected chi connectivity index (χ3v) is 1.60. The molecule has 0 saturated carbocycles. The molecule has 0 aromatic rings. The van der Waals surface area contributed by atoms with Crippen molar-refractivity contribution in [2.45, 2.75) is 40.0 Å². The van der Waals surface area contributed by atoms with Crippen LogP contribution in [0.3, 0.4) is 0 Å². The molecule has 0 unspecified atom stereocenters. The SMILES string of the molecule is CONCCCCC(C)(C)C. The van der Waals surface area contributed by atoms with E-state index in [1.807, 2.05) is 0 Å². The summed E-state index contributed by atoms with van der Waals surface area (Å²) in [6.07, 6.45) is 3.77. The molecule has 0 bridgehead atoms. The van der Waals surface area contributed by atoms with Crippen molar-refractivity contribution in [1.29, 1.82) is 0 Å². The highest BCUT2D eigenvalue weighted by molar-refractivity contribution is 4.60. The summed E-state index contributed by atoms with van der Waals surface area (Å²) in [7, 11) is 1.66. The third-order valence-electron chi connectivity index (χ3n) is 1.60. The molecule has 0 aliphatic rings. The highest BCUT2D eigenvalue weighted by Crippen LogP contribution is 2.20. The minimum absolute atomic E-state index is 0.479. The second kappa shape index (κ2) is 5.56. The molecule has 2 nitrogen and oxygen atoms in total. The molecule has 68 valence electrons. The van der Waals surface area contributed by atoms with Crippen LogP contribution < -0.4 is 5.48 Å². The summed E-state index contributed by atoms with van der Waals surface area (Å²) in [6.45, 7) is 7.79. The third kappa shape index (κ3) is 9.92. The maximum Gasteiger partial charge on any atom is 0.0572 e. The van der Waals surface area contributed by atoms with Gasteiger partial charge in [-0.2, -0.15) is 0 Å². The number of rotatable bonds is 5. The molecule has 1 N–H and O–H groups in total. The Labute approximate surface area is 70.3 Å². The predicted molar refractivity (Wildman–Crippen MR) is 48.3 cm³/mol. The van der Waals surface area contributed by atoms with Crippen molar-refractivity contribution in [2.24, 2.45) is 5.41 Å². The molecule has 0 aromatic carbocycles. The summed E-state index contributed by atoms with van der Waals surface area (Å²) >= 11 is 0. The fourth-order valence-corrected chi connectivity index (χ4v) is 0.955. The minimum atomic E-state index is 0.479. The van der Waals surface area contributed by atoms with E-state index >= 15 is 0 Å². The van der Waals surface area contributed by atoms with E-state index in [0.29, 0.717) is 5.41 Å². The fraction of sp³-hybridized carbons (Fsp3) is 1.00. The standard InChI is InChI=1S/C9H21NO/c1-9(2,3)7-5-6-8-10-11-4/h10H,5-8H2,1-4H3.